The Hall–Kier alpha value is -2.79. The van der Waals surface area contributed by atoms with Crippen molar-refractivity contribution in [2.75, 3.05) is 19.8 Å². The van der Waals surface area contributed by atoms with Crippen LogP contribution in [-0.4, -0.2) is 53.7 Å². The molecule has 1 aromatic carbocycles. The smallest absolute Gasteiger partial charge is 0.296 e. The molecule has 0 fully saturated rings. The van der Waals surface area contributed by atoms with E-state index in [1.54, 1.807) is 0 Å². The minimum absolute atomic E-state index is 0.168. The normalized spacial score (nSPS) is 16.2. The van der Waals surface area contributed by atoms with Gasteiger partial charge in [0.15, 0.2) is 15.5 Å². The molecule has 0 radical (unpaired) electrons. The molecular weight excluding hydrogens is 415 g/mol. The van der Waals surface area contributed by atoms with Gasteiger partial charge in [-0.2, -0.15) is 0 Å². The average molecular weight is 438 g/mol. The van der Waals surface area contributed by atoms with Crippen LogP contribution in [-0.2, 0) is 28.5 Å². The number of likely N-dealkylation sites (N-methyl/N-ethyl adjacent to an activating group) is 1. The van der Waals surface area contributed by atoms with Gasteiger partial charge in [-0.1, -0.05) is 6.07 Å². The molecule has 162 valence electrons. The van der Waals surface area contributed by atoms with Crippen molar-refractivity contribution in [3.05, 3.63) is 51.5 Å². The van der Waals surface area contributed by atoms with E-state index >= 15 is 0 Å². The van der Waals surface area contributed by atoms with Gasteiger partial charge in [-0.15, -0.1) is 0 Å². The van der Waals surface area contributed by atoms with Crippen molar-refractivity contribution < 1.29 is 22.7 Å². The molecule has 1 amide bonds. The number of nitrogens with zero attached hydrogens (tertiary/aromatic N) is 3. The highest BCUT2D eigenvalue weighted by Gasteiger charge is 2.36. The van der Waals surface area contributed by atoms with E-state index in [1.165, 1.54) is 10.6 Å². The van der Waals surface area contributed by atoms with Gasteiger partial charge in [-0.3, -0.25) is 19.1 Å². The topological polar surface area (TPSA) is 122 Å². The average Bonchev–Trinajstić information content (AvgIpc) is 2.65. The third-order valence-corrected chi connectivity index (χ3v) is 6.57. The van der Waals surface area contributed by atoms with Crippen molar-refractivity contribution in [2.24, 2.45) is 0 Å². The molecule has 0 saturated heterocycles. The number of sulfone groups is 1. The summed E-state index contributed by atoms with van der Waals surface area (Å²) in [6, 6.07) is 3.20. The van der Waals surface area contributed by atoms with E-state index < -0.39 is 44.1 Å². The van der Waals surface area contributed by atoms with Crippen LogP contribution in [0.4, 0.5) is 4.39 Å². The van der Waals surface area contributed by atoms with E-state index in [1.807, 2.05) is 25.8 Å². The number of aromatic nitrogens is 2. The van der Waals surface area contributed by atoms with Gasteiger partial charge in [0.1, 0.15) is 11.6 Å². The summed E-state index contributed by atoms with van der Waals surface area (Å²) in [5.41, 5.74) is -1.65. The van der Waals surface area contributed by atoms with Crippen molar-refractivity contribution in [1.29, 1.82) is 0 Å². The number of amides is 1. The van der Waals surface area contributed by atoms with Gasteiger partial charge in [0.05, 0.1) is 10.4 Å². The monoisotopic (exact) mass is 438 g/mol. The number of benzene rings is 1. The van der Waals surface area contributed by atoms with Gasteiger partial charge < -0.3 is 10.4 Å². The van der Waals surface area contributed by atoms with E-state index in [-0.39, 0.29) is 17.0 Å². The molecule has 30 heavy (non-hydrogen) atoms. The number of halogens is 1. The van der Waals surface area contributed by atoms with E-state index in [0.717, 1.165) is 18.4 Å². The predicted octanol–water partition coefficient (Wildman–Crippen LogP) is 0.602. The highest BCUT2D eigenvalue weighted by atomic mass is 32.2. The molecule has 2 aromatic rings. The van der Waals surface area contributed by atoms with Crippen molar-refractivity contribution in [2.45, 2.75) is 37.4 Å². The Morgan fingerprint density at radius 1 is 1.33 bits per heavy atom. The minimum Gasteiger partial charge on any atom is -0.501 e. The maximum absolute atomic E-state index is 13.5. The van der Waals surface area contributed by atoms with Crippen LogP contribution in [0.1, 0.15) is 35.7 Å². The molecule has 1 aliphatic rings. The van der Waals surface area contributed by atoms with Gasteiger partial charge in [0.2, 0.25) is 5.75 Å². The molecule has 0 saturated carbocycles. The fourth-order valence-electron chi connectivity index (χ4n) is 3.36. The number of rotatable bonds is 4. The summed E-state index contributed by atoms with van der Waals surface area (Å²) in [4.78, 5) is 31.2. The number of hydrogen-bond acceptors (Lipinski definition) is 7. The van der Waals surface area contributed by atoms with Gasteiger partial charge in [0.25, 0.3) is 11.5 Å². The third-order valence-electron chi connectivity index (χ3n) is 5.39. The summed E-state index contributed by atoms with van der Waals surface area (Å²) < 4.78 is 38.6. The Labute approximate surface area is 173 Å². The number of carbonyl (C=O) groups excluding carboxylic acids is 1. The van der Waals surface area contributed by atoms with E-state index in [4.69, 9.17) is 0 Å². The summed E-state index contributed by atoms with van der Waals surface area (Å²) in [6.45, 7) is 4.33. The number of hydrogen-bond donors (Lipinski definition) is 2. The third kappa shape index (κ3) is 3.82. The zero-order valence-corrected chi connectivity index (χ0v) is 17.9. The Morgan fingerprint density at radius 3 is 2.63 bits per heavy atom. The minimum atomic E-state index is -3.73. The maximum Gasteiger partial charge on any atom is 0.296 e. The molecule has 0 bridgehead atoms. The summed E-state index contributed by atoms with van der Waals surface area (Å²) >= 11 is 0. The first-order chi connectivity index (χ1) is 13.8. The zero-order valence-electron chi connectivity index (χ0n) is 17.1. The highest BCUT2D eigenvalue weighted by Crippen LogP contribution is 2.29. The van der Waals surface area contributed by atoms with Crippen LogP contribution < -0.4 is 10.9 Å². The molecular formula is C19H23FN4O5S. The number of aromatic hydroxyl groups is 1. The van der Waals surface area contributed by atoms with E-state index in [0.29, 0.717) is 18.9 Å². The van der Waals surface area contributed by atoms with Crippen LogP contribution in [0.15, 0.2) is 27.9 Å². The van der Waals surface area contributed by atoms with Gasteiger partial charge >= 0.3 is 0 Å². The lowest BCUT2D eigenvalue weighted by Gasteiger charge is -2.40. The summed E-state index contributed by atoms with van der Waals surface area (Å²) in [5.74, 6) is -2.01. The van der Waals surface area contributed by atoms with Crippen LogP contribution in [0, 0.1) is 5.82 Å². The number of fused-ring (bicyclic) bond motifs is 1. The van der Waals surface area contributed by atoms with E-state index in [9.17, 15) is 27.5 Å². The molecule has 3 rings (SSSR count). The Bertz CT molecular complexity index is 1190. The predicted molar refractivity (Wildman–Crippen MR) is 106 cm³/mol. The lowest BCUT2D eigenvalue weighted by atomic mass is 9.99. The number of carbonyl (C=O) groups is 1. The van der Waals surface area contributed by atoms with Crippen LogP contribution in [0.5, 0.6) is 5.75 Å². The van der Waals surface area contributed by atoms with Crippen LogP contribution in [0.3, 0.4) is 0 Å². The second kappa shape index (κ2) is 7.47. The Morgan fingerprint density at radius 2 is 2.00 bits per heavy atom. The molecule has 1 aliphatic heterocycles. The quantitative estimate of drug-likeness (QED) is 0.717. The lowest BCUT2D eigenvalue weighted by Crippen LogP contribution is -2.51. The molecule has 0 spiro atoms. The van der Waals surface area contributed by atoms with Crippen molar-refractivity contribution in [3.8, 4) is 5.75 Å². The molecule has 0 unspecified atom stereocenters. The lowest BCUT2D eigenvalue weighted by molar-refractivity contribution is 0.0919. The molecule has 0 aliphatic carbocycles. The molecule has 2 heterocycles. The summed E-state index contributed by atoms with van der Waals surface area (Å²) in [7, 11) is -1.87. The van der Waals surface area contributed by atoms with E-state index in [2.05, 4.69) is 10.3 Å². The molecule has 2 N–H and O–H groups in total. The maximum atomic E-state index is 13.5. The first-order valence-corrected chi connectivity index (χ1v) is 11.1. The first kappa shape index (κ1) is 21.9. The number of nitrogens with one attached hydrogen (secondary N) is 1. The van der Waals surface area contributed by atoms with Crippen molar-refractivity contribution >= 4 is 15.7 Å². The largest absolute Gasteiger partial charge is 0.501 e. The second-order valence-electron chi connectivity index (χ2n) is 7.78. The summed E-state index contributed by atoms with van der Waals surface area (Å²) in [6.07, 6.45) is 0.934. The fraction of sp³-hybridized carbons (Fsp3) is 0.421. The Kier molecular flexibility index (Phi) is 5.46. The first-order valence-electron chi connectivity index (χ1n) is 9.16. The second-order valence-corrected chi connectivity index (χ2v) is 9.76. The molecule has 11 heteroatoms. The van der Waals surface area contributed by atoms with Crippen LogP contribution >= 0.6 is 0 Å². The molecule has 9 nitrogen and oxygen atoms in total. The van der Waals surface area contributed by atoms with Crippen molar-refractivity contribution in [1.82, 2.24) is 19.8 Å². The fourth-order valence-corrected chi connectivity index (χ4v) is 4.30. The Balaban J connectivity index is 1.96. The molecule has 0 atom stereocenters. The SMILES string of the molecule is CN1CCn2c(nc(C(=O)NCc3ccc(F)cc3S(C)(=O)=O)c(O)c2=O)C1(C)C. The zero-order chi connectivity index (χ0) is 22.4. The van der Waals surface area contributed by atoms with Crippen molar-refractivity contribution in [3.63, 3.8) is 0 Å². The van der Waals surface area contributed by atoms with Gasteiger partial charge in [-0.25, -0.2) is 17.8 Å². The van der Waals surface area contributed by atoms with Crippen LogP contribution in [0.25, 0.3) is 0 Å². The summed E-state index contributed by atoms with van der Waals surface area (Å²) in [5, 5.41) is 12.7. The standard InChI is InChI=1S/C19H23FN4O5S/c1-19(2)18-22-14(15(25)17(27)24(18)8-7-23(19)3)16(26)21-10-11-5-6-12(20)9-13(11)30(4,28)29/h5-6,9,25H,7-8,10H2,1-4H3,(H,21,26). The van der Waals surface area contributed by atoms with Gasteiger partial charge in [-0.05, 0) is 38.6 Å². The molecule has 1 aromatic heterocycles. The van der Waals surface area contributed by atoms with Gasteiger partial charge in [0, 0.05) is 25.9 Å². The highest BCUT2D eigenvalue weighted by molar-refractivity contribution is 7.90. The van der Waals surface area contributed by atoms with Crippen LogP contribution in [0.2, 0.25) is 0 Å².